The Bertz CT molecular complexity index is 325. The Morgan fingerprint density at radius 2 is 1.71 bits per heavy atom. The van der Waals surface area contributed by atoms with Gasteiger partial charge in [0, 0.05) is 19.2 Å². The summed E-state index contributed by atoms with van der Waals surface area (Å²) in [5.41, 5.74) is -0.267. The second kappa shape index (κ2) is 7.59. The van der Waals surface area contributed by atoms with Gasteiger partial charge in [0.1, 0.15) is 5.60 Å². The van der Waals surface area contributed by atoms with E-state index >= 15 is 0 Å². The highest BCUT2D eigenvalue weighted by Gasteiger charge is 2.30. The minimum Gasteiger partial charge on any atom is -0.460 e. The normalized spacial score (nSPS) is 23.9. The van der Waals surface area contributed by atoms with E-state index < -0.39 is 0 Å². The average Bonchev–Trinajstić information content (AvgIpc) is 2.35. The lowest BCUT2D eigenvalue weighted by Gasteiger charge is -2.33. The van der Waals surface area contributed by atoms with E-state index in [9.17, 15) is 4.79 Å². The van der Waals surface area contributed by atoms with E-state index in [2.05, 4.69) is 19.2 Å². The van der Waals surface area contributed by atoms with Crippen LogP contribution in [0.25, 0.3) is 0 Å². The number of aliphatic hydroxyl groups is 1. The van der Waals surface area contributed by atoms with Crippen molar-refractivity contribution in [2.24, 2.45) is 11.3 Å². The monoisotopic (exact) mass is 299 g/mol. The molecule has 0 unspecified atom stereocenters. The zero-order valence-electron chi connectivity index (χ0n) is 14.4. The molecule has 0 bridgehead atoms. The summed E-state index contributed by atoms with van der Waals surface area (Å²) < 4.78 is 5.47. The topological polar surface area (TPSA) is 58.6 Å². The molecule has 1 aliphatic carbocycles. The van der Waals surface area contributed by atoms with Crippen molar-refractivity contribution in [3.05, 3.63) is 0 Å². The highest BCUT2D eigenvalue weighted by atomic mass is 16.6. The standard InChI is InChI=1S/C17H33NO3/c1-16(2,3)21-15(20)13-6-8-14(9-7-13)18-12-17(4,5)10-11-19/h13-14,18-19H,6-12H2,1-5H3. The molecule has 2 N–H and O–H groups in total. The van der Waals surface area contributed by atoms with Crippen LogP contribution >= 0.6 is 0 Å². The number of esters is 1. The number of rotatable bonds is 6. The van der Waals surface area contributed by atoms with Crippen LogP contribution in [0.2, 0.25) is 0 Å². The molecule has 0 radical (unpaired) electrons. The van der Waals surface area contributed by atoms with Gasteiger partial charge in [0.2, 0.25) is 0 Å². The molecule has 0 spiro atoms. The van der Waals surface area contributed by atoms with E-state index in [4.69, 9.17) is 9.84 Å². The van der Waals surface area contributed by atoms with Crippen molar-refractivity contribution in [2.45, 2.75) is 78.4 Å². The second-order valence-corrected chi connectivity index (χ2v) is 8.10. The van der Waals surface area contributed by atoms with Gasteiger partial charge in [-0.3, -0.25) is 4.79 Å². The van der Waals surface area contributed by atoms with E-state index in [1.54, 1.807) is 0 Å². The predicted octanol–water partition coefficient (Wildman–Crippen LogP) is 2.89. The number of hydrogen-bond acceptors (Lipinski definition) is 4. The van der Waals surface area contributed by atoms with Crippen LogP contribution in [0.3, 0.4) is 0 Å². The molecule has 21 heavy (non-hydrogen) atoms. The molecule has 4 heteroatoms. The van der Waals surface area contributed by atoms with Gasteiger partial charge >= 0.3 is 5.97 Å². The fourth-order valence-electron chi connectivity index (χ4n) is 2.73. The lowest BCUT2D eigenvalue weighted by atomic mass is 9.84. The molecular formula is C17H33NO3. The van der Waals surface area contributed by atoms with E-state index in [1.165, 1.54) is 0 Å². The largest absolute Gasteiger partial charge is 0.460 e. The molecule has 0 aromatic carbocycles. The van der Waals surface area contributed by atoms with Crippen molar-refractivity contribution >= 4 is 5.97 Å². The van der Waals surface area contributed by atoms with Crippen LogP contribution in [0.5, 0.6) is 0 Å². The molecule has 0 aliphatic heterocycles. The third-order valence-electron chi connectivity index (χ3n) is 4.13. The van der Waals surface area contributed by atoms with E-state index in [1.807, 2.05) is 20.8 Å². The van der Waals surface area contributed by atoms with Crippen molar-refractivity contribution in [1.82, 2.24) is 5.32 Å². The average molecular weight is 299 g/mol. The Balaban J connectivity index is 2.31. The molecule has 0 amide bonds. The second-order valence-electron chi connectivity index (χ2n) is 8.10. The molecule has 1 fully saturated rings. The van der Waals surface area contributed by atoms with Crippen LogP contribution in [0, 0.1) is 11.3 Å². The molecule has 0 aromatic heterocycles. The number of carbonyl (C=O) groups is 1. The van der Waals surface area contributed by atoms with E-state index in [0.717, 1.165) is 38.6 Å². The Labute approximate surface area is 129 Å². The summed E-state index contributed by atoms with van der Waals surface area (Å²) in [7, 11) is 0. The Morgan fingerprint density at radius 3 is 2.19 bits per heavy atom. The van der Waals surface area contributed by atoms with Gasteiger partial charge in [0.05, 0.1) is 5.92 Å². The third-order valence-corrected chi connectivity index (χ3v) is 4.13. The van der Waals surface area contributed by atoms with Crippen molar-refractivity contribution in [1.29, 1.82) is 0 Å². The van der Waals surface area contributed by atoms with Crippen LogP contribution in [0.15, 0.2) is 0 Å². The summed E-state index contributed by atoms with van der Waals surface area (Å²) in [6.07, 6.45) is 4.69. The molecular weight excluding hydrogens is 266 g/mol. The maximum Gasteiger partial charge on any atom is 0.309 e. The number of hydrogen-bond donors (Lipinski definition) is 2. The van der Waals surface area contributed by atoms with Crippen LogP contribution in [-0.4, -0.2) is 35.9 Å². The fraction of sp³-hybridized carbons (Fsp3) is 0.941. The Kier molecular flexibility index (Phi) is 6.67. The highest BCUT2D eigenvalue weighted by Crippen LogP contribution is 2.28. The zero-order chi connectivity index (χ0) is 16.1. The number of ether oxygens (including phenoxy) is 1. The van der Waals surface area contributed by atoms with E-state index in [0.29, 0.717) is 6.04 Å². The quantitative estimate of drug-likeness (QED) is 0.740. The molecule has 4 nitrogen and oxygen atoms in total. The molecule has 1 rings (SSSR count). The summed E-state index contributed by atoms with van der Waals surface area (Å²) >= 11 is 0. The van der Waals surface area contributed by atoms with E-state index in [-0.39, 0.29) is 29.5 Å². The van der Waals surface area contributed by atoms with Crippen molar-refractivity contribution < 1.29 is 14.6 Å². The van der Waals surface area contributed by atoms with Gasteiger partial charge in [-0.1, -0.05) is 13.8 Å². The molecule has 0 aromatic rings. The minimum atomic E-state index is -0.388. The smallest absolute Gasteiger partial charge is 0.309 e. The molecule has 1 aliphatic rings. The number of carbonyl (C=O) groups excluding carboxylic acids is 1. The van der Waals surface area contributed by atoms with Gasteiger partial charge in [0.25, 0.3) is 0 Å². The van der Waals surface area contributed by atoms with Gasteiger partial charge in [0.15, 0.2) is 0 Å². The molecule has 1 saturated carbocycles. The maximum atomic E-state index is 12.1. The van der Waals surface area contributed by atoms with Gasteiger partial charge in [-0.05, 0) is 58.3 Å². The Morgan fingerprint density at radius 1 is 1.14 bits per heavy atom. The molecule has 0 heterocycles. The summed E-state index contributed by atoms with van der Waals surface area (Å²) in [6, 6.07) is 0.488. The number of nitrogens with one attached hydrogen (secondary N) is 1. The van der Waals surface area contributed by atoms with Crippen LogP contribution in [0.4, 0.5) is 0 Å². The van der Waals surface area contributed by atoms with Gasteiger partial charge in [-0.2, -0.15) is 0 Å². The highest BCUT2D eigenvalue weighted by molar-refractivity contribution is 5.73. The van der Waals surface area contributed by atoms with Crippen LogP contribution in [0.1, 0.15) is 66.7 Å². The summed E-state index contributed by atoms with van der Waals surface area (Å²) in [6.45, 7) is 11.2. The lowest BCUT2D eigenvalue weighted by molar-refractivity contribution is -0.161. The first-order valence-corrected chi connectivity index (χ1v) is 8.20. The van der Waals surface area contributed by atoms with Crippen molar-refractivity contribution in [3.8, 4) is 0 Å². The first-order chi connectivity index (χ1) is 9.63. The maximum absolute atomic E-state index is 12.1. The first kappa shape index (κ1) is 18.4. The van der Waals surface area contributed by atoms with Crippen molar-refractivity contribution in [2.75, 3.05) is 13.2 Å². The molecule has 0 atom stereocenters. The first-order valence-electron chi connectivity index (χ1n) is 8.20. The summed E-state index contributed by atoms with van der Waals surface area (Å²) in [5.74, 6) is 0.0225. The van der Waals surface area contributed by atoms with Crippen LogP contribution in [-0.2, 0) is 9.53 Å². The third kappa shape index (κ3) is 7.28. The fourth-order valence-corrected chi connectivity index (χ4v) is 2.73. The Hall–Kier alpha value is -0.610. The van der Waals surface area contributed by atoms with Gasteiger partial charge in [-0.25, -0.2) is 0 Å². The SMILES string of the molecule is CC(C)(CCO)CNC1CCC(C(=O)OC(C)(C)C)CC1. The van der Waals surface area contributed by atoms with Crippen molar-refractivity contribution in [3.63, 3.8) is 0 Å². The van der Waals surface area contributed by atoms with Crippen LogP contribution < -0.4 is 5.32 Å². The summed E-state index contributed by atoms with van der Waals surface area (Å²) in [5, 5.41) is 12.6. The zero-order valence-corrected chi connectivity index (χ0v) is 14.4. The van der Waals surface area contributed by atoms with Gasteiger partial charge in [-0.15, -0.1) is 0 Å². The summed E-state index contributed by atoms with van der Waals surface area (Å²) in [4.78, 5) is 12.1. The molecule has 0 saturated heterocycles. The van der Waals surface area contributed by atoms with Gasteiger partial charge < -0.3 is 15.2 Å². The molecule has 124 valence electrons. The number of aliphatic hydroxyl groups excluding tert-OH is 1. The minimum absolute atomic E-state index is 0.0402. The predicted molar refractivity (Wildman–Crippen MR) is 85.1 cm³/mol. The lowest BCUT2D eigenvalue weighted by Crippen LogP contribution is -2.41.